The summed E-state index contributed by atoms with van der Waals surface area (Å²) in [6, 6.07) is 79.7. The van der Waals surface area contributed by atoms with Gasteiger partial charge in [-0.3, -0.25) is 0 Å². The van der Waals surface area contributed by atoms with Gasteiger partial charge in [-0.1, -0.05) is 158 Å². The lowest BCUT2D eigenvalue weighted by Crippen LogP contribution is -1.88. The average Bonchev–Trinajstić information content (AvgIpc) is 3.94. The number of para-hydroxylation sites is 1. The molecule has 14 aromatic rings. The van der Waals surface area contributed by atoms with Crippen molar-refractivity contribution < 1.29 is 8.83 Å². The van der Waals surface area contributed by atoms with Crippen LogP contribution in [0.2, 0.25) is 0 Å². The normalized spacial score (nSPS) is 12.1. The molecule has 0 radical (unpaired) electrons. The molecule has 0 aliphatic heterocycles. The third-order valence-electron chi connectivity index (χ3n) is 13.6. The number of rotatable bonds is 4. The number of benzene rings is 12. The van der Waals surface area contributed by atoms with Gasteiger partial charge in [0.15, 0.2) is 11.2 Å². The van der Waals surface area contributed by atoms with Gasteiger partial charge >= 0.3 is 0 Å². The zero-order valence-electron chi connectivity index (χ0n) is 34.6. The molecule has 0 N–H and O–H groups in total. The van der Waals surface area contributed by atoms with E-state index < -0.39 is 0 Å². The lowest BCUT2D eigenvalue weighted by Gasteiger charge is -2.15. The van der Waals surface area contributed by atoms with Crippen molar-refractivity contribution in [3.05, 3.63) is 218 Å². The van der Waals surface area contributed by atoms with Crippen LogP contribution in [0, 0.1) is 0 Å². The summed E-state index contributed by atoms with van der Waals surface area (Å²) in [5.74, 6) is 0. The van der Waals surface area contributed by atoms with E-state index >= 15 is 0 Å². The number of hydrogen-bond acceptors (Lipinski definition) is 2. The van der Waals surface area contributed by atoms with Crippen molar-refractivity contribution in [2.24, 2.45) is 0 Å². The van der Waals surface area contributed by atoms with E-state index in [4.69, 9.17) is 8.83 Å². The first-order valence-corrected chi connectivity index (χ1v) is 22.0. The summed E-state index contributed by atoms with van der Waals surface area (Å²) < 4.78 is 12.8. The average molecular weight is 813 g/mol. The van der Waals surface area contributed by atoms with E-state index in [1.165, 1.54) is 87.2 Å². The van der Waals surface area contributed by atoms with Crippen LogP contribution < -0.4 is 0 Å². The summed E-state index contributed by atoms with van der Waals surface area (Å²) in [7, 11) is 0. The molecule has 0 aliphatic carbocycles. The lowest BCUT2D eigenvalue weighted by molar-refractivity contribution is 0.633. The zero-order valence-corrected chi connectivity index (χ0v) is 34.6. The molecule has 64 heavy (non-hydrogen) atoms. The second kappa shape index (κ2) is 13.5. The van der Waals surface area contributed by atoms with E-state index in [9.17, 15) is 0 Å². The van der Waals surface area contributed by atoms with Crippen LogP contribution in [0.25, 0.3) is 142 Å². The van der Waals surface area contributed by atoms with Gasteiger partial charge in [0, 0.05) is 21.5 Å². The van der Waals surface area contributed by atoms with Gasteiger partial charge in [-0.15, -0.1) is 0 Å². The van der Waals surface area contributed by atoms with Crippen LogP contribution in [-0.2, 0) is 0 Å². The van der Waals surface area contributed by atoms with E-state index in [2.05, 4.69) is 200 Å². The molecule has 2 nitrogen and oxygen atoms in total. The molecule has 2 heteroatoms. The van der Waals surface area contributed by atoms with Crippen molar-refractivity contribution in [1.29, 1.82) is 0 Å². The zero-order chi connectivity index (χ0) is 41.9. The Labute approximate surface area is 367 Å². The predicted octanol–water partition coefficient (Wildman–Crippen LogP) is 17.9. The molecule has 12 aromatic carbocycles. The largest absolute Gasteiger partial charge is 0.452 e. The van der Waals surface area contributed by atoms with Gasteiger partial charge in [-0.25, -0.2) is 0 Å². The summed E-state index contributed by atoms with van der Waals surface area (Å²) in [5, 5.41) is 17.0. The third kappa shape index (κ3) is 5.27. The van der Waals surface area contributed by atoms with Crippen molar-refractivity contribution in [1.82, 2.24) is 0 Å². The quantitative estimate of drug-likeness (QED) is 0.166. The molecule has 0 aliphatic rings. The van der Waals surface area contributed by atoms with Crippen molar-refractivity contribution >= 4 is 97.7 Å². The number of hydrogen-bond donors (Lipinski definition) is 0. The van der Waals surface area contributed by atoms with Crippen molar-refractivity contribution in [3.8, 4) is 44.5 Å². The summed E-state index contributed by atoms with van der Waals surface area (Å²) in [6.45, 7) is 0. The van der Waals surface area contributed by atoms with Crippen LogP contribution in [0.5, 0.6) is 0 Å². The molecule has 0 saturated heterocycles. The van der Waals surface area contributed by atoms with Gasteiger partial charge in [0.2, 0.25) is 0 Å². The maximum absolute atomic E-state index is 6.46. The summed E-state index contributed by atoms with van der Waals surface area (Å²) >= 11 is 0. The highest BCUT2D eigenvalue weighted by Gasteiger charge is 2.18. The van der Waals surface area contributed by atoms with Gasteiger partial charge in [0.1, 0.15) is 11.2 Å². The van der Waals surface area contributed by atoms with Gasteiger partial charge in [-0.05, 0) is 159 Å². The Morgan fingerprint density at radius 2 is 0.609 bits per heavy atom. The number of furan rings is 2. The van der Waals surface area contributed by atoms with Gasteiger partial charge in [0.05, 0.1) is 0 Å². The summed E-state index contributed by atoms with van der Waals surface area (Å²) in [4.78, 5) is 0. The van der Waals surface area contributed by atoms with Crippen molar-refractivity contribution in [3.63, 3.8) is 0 Å². The standard InChI is InChI=1S/C62H36O2/c1-2-16-45-43(11-1)35-55(47-18-4-3-17-46(45)47)44-24-27-51-50-26-23-41(33-56(50)48-19-5-6-20-49(48)57(51)36-44)39-14-9-12-37(31-39)38-13-10-15-40(32-38)42-25-30-60-58(34-42)54-29-28-53-52-21-7-8-22-59(52)63-61(53)62(54)64-60/h1-36H. The second-order valence-electron chi connectivity index (χ2n) is 17.1. The van der Waals surface area contributed by atoms with E-state index in [1.807, 2.05) is 18.2 Å². The fourth-order valence-corrected chi connectivity index (χ4v) is 10.6. The highest BCUT2D eigenvalue weighted by atomic mass is 16.4. The highest BCUT2D eigenvalue weighted by Crippen LogP contribution is 2.43. The van der Waals surface area contributed by atoms with E-state index in [0.717, 1.165) is 55.0 Å². The Bertz CT molecular complexity index is 4240. The lowest BCUT2D eigenvalue weighted by atomic mass is 9.88. The smallest absolute Gasteiger partial charge is 0.178 e. The van der Waals surface area contributed by atoms with Gasteiger partial charge in [0.25, 0.3) is 0 Å². The molecule has 0 fully saturated rings. The third-order valence-corrected chi connectivity index (χ3v) is 13.6. The molecular formula is C62H36O2. The molecule has 0 amide bonds. The molecule has 2 aromatic heterocycles. The topological polar surface area (TPSA) is 26.3 Å². The Kier molecular flexibility index (Phi) is 7.43. The van der Waals surface area contributed by atoms with Crippen LogP contribution in [-0.4, -0.2) is 0 Å². The van der Waals surface area contributed by atoms with Crippen molar-refractivity contribution in [2.75, 3.05) is 0 Å². The van der Waals surface area contributed by atoms with Crippen molar-refractivity contribution in [2.45, 2.75) is 0 Å². The highest BCUT2D eigenvalue weighted by molar-refractivity contribution is 6.27. The fraction of sp³-hybridized carbons (Fsp3) is 0. The first-order valence-electron chi connectivity index (χ1n) is 22.0. The maximum atomic E-state index is 6.46. The maximum Gasteiger partial charge on any atom is 0.178 e. The Hall–Kier alpha value is -8.46. The van der Waals surface area contributed by atoms with E-state index in [0.29, 0.717) is 0 Å². The monoisotopic (exact) mass is 812 g/mol. The Morgan fingerprint density at radius 3 is 1.25 bits per heavy atom. The van der Waals surface area contributed by atoms with E-state index in [-0.39, 0.29) is 0 Å². The first kappa shape index (κ1) is 35.2. The Morgan fingerprint density at radius 1 is 0.203 bits per heavy atom. The first-order chi connectivity index (χ1) is 31.7. The minimum Gasteiger partial charge on any atom is -0.452 e. The minimum atomic E-state index is 0.793. The molecular weight excluding hydrogens is 777 g/mol. The molecule has 0 unspecified atom stereocenters. The van der Waals surface area contributed by atoms with E-state index in [1.54, 1.807) is 0 Å². The van der Waals surface area contributed by atoms with Crippen LogP contribution >= 0.6 is 0 Å². The second-order valence-corrected chi connectivity index (χ2v) is 17.1. The fourth-order valence-electron chi connectivity index (χ4n) is 10.6. The molecule has 0 spiro atoms. The Balaban J connectivity index is 0.844. The van der Waals surface area contributed by atoms with Crippen LogP contribution in [0.4, 0.5) is 0 Å². The summed E-state index contributed by atoms with van der Waals surface area (Å²) in [5.41, 5.74) is 12.9. The molecule has 0 saturated carbocycles. The molecule has 2 heterocycles. The van der Waals surface area contributed by atoms with Crippen LogP contribution in [0.3, 0.4) is 0 Å². The summed E-state index contributed by atoms with van der Waals surface area (Å²) in [6.07, 6.45) is 0. The molecule has 0 bridgehead atoms. The minimum absolute atomic E-state index is 0.793. The SMILES string of the molecule is c1cc(-c2cccc(-c3ccc4c5ccc(-c6cc7ccccc7c7ccccc67)cc5c5ccccc5c4c3)c2)cc(-c2ccc3oc4c(ccc5c6ccccc6oc54)c3c2)c1. The van der Waals surface area contributed by atoms with Gasteiger partial charge in [-0.2, -0.15) is 0 Å². The predicted molar refractivity (Wildman–Crippen MR) is 270 cm³/mol. The molecule has 0 atom stereocenters. The van der Waals surface area contributed by atoms with Gasteiger partial charge < -0.3 is 8.83 Å². The van der Waals surface area contributed by atoms with Crippen LogP contribution in [0.1, 0.15) is 0 Å². The molecule has 296 valence electrons. The van der Waals surface area contributed by atoms with Crippen LogP contribution in [0.15, 0.2) is 227 Å². The number of fused-ring (bicyclic) bond motifs is 16. The molecule has 14 rings (SSSR count).